The summed E-state index contributed by atoms with van der Waals surface area (Å²) in [6.07, 6.45) is 10.7. The molecule has 244 valence electrons. The monoisotopic (exact) mass is 633 g/mol. The minimum Gasteiger partial charge on any atom is -0.395 e. The van der Waals surface area contributed by atoms with Gasteiger partial charge in [-0.2, -0.15) is 0 Å². The van der Waals surface area contributed by atoms with E-state index in [2.05, 4.69) is 10.3 Å². The van der Waals surface area contributed by atoms with Gasteiger partial charge in [-0.15, -0.1) is 5.10 Å². The summed E-state index contributed by atoms with van der Waals surface area (Å²) in [5.74, 6) is -1.09. The third-order valence-electron chi connectivity index (χ3n) is 9.48. The number of rotatable bonds is 11. The van der Waals surface area contributed by atoms with E-state index in [1.807, 2.05) is 109 Å². The van der Waals surface area contributed by atoms with Gasteiger partial charge in [-0.1, -0.05) is 97.8 Å². The fourth-order valence-electron chi connectivity index (χ4n) is 6.74. The first-order valence-corrected chi connectivity index (χ1v) is 16.7. The number of hydrogen-bond donors (Lipinski definition) is 2. The van der Waals surface area contributed by atoms with E-state index in [1.165, 1.54) is 0 Å². The van der Waals surface area contributed by atoms with Gasteiger partial charge in [0, 0.05) is 42.9 Å². The van der Waals surface area contributed by atoms with Crippen molar-refractivity contribution >= 4 is 23.2 Å². The molecule has 9 nitrogen and oxygen atoms in total. The molecule has 1 saturated heterocycles. The molecule has 2 aliphatic rings. The third-order valence-corrected chi connectivity index (χ3v) is 9.48. The number of aliphatic hydroxyl groups is 2. The molecule has 0 bridgehead atoms. The SMILES string of the molecule is C[C@@H](/C=C/CCn1cc(C(CO)c2ccccc2)nn1)[C@]1(O)C(=O)N(Cc2ccccc2)c2ccc(N3CCCCCCC3=O)cc21. The fraction of sp³-hybridized carbons (Fsp3) is 0.368. The molecular formula is C38H43N5O4. The molecule has 0 spiro atoms. The van der Waals surface area contributed by atoms with Gasteiger partial charge in [0.15, 0.2) is 5.60 Å². The minimum atomic E-state index is -1.80. The van der Waals surface area contributed by atoms with Gasteiger partial charge in [-0.3, -0.25) is 14.3 Å². The number of aliphatic hydroxyl groups excluding tert-OH is 1. The molecular weight excluding hydrogens is 590 g/mol. The maximum absolute atomic E-state index is 14.2. The minimum absolute atomic E-state index is 0.0663. The molecule has 0 aliphatic carbocycles. The van der Waals surface area contributed by atoms with Gasteiger partial charge in [0.05, 0.1) is 30.5 Å². The largest absolute Gasteiger partial charge is 0.395 e. The number of fused-ring (bicyclic) bond motifs is 1. The molecule has 3 atom stereocenters. The van der Waals surface area contributed by atoms with E-state index in [1.54, 1.807) is 9.58 Å². The van der Waals surface area contributed by atoms with E-state index in [4.69, 9.17) is 0 Å². The van der Waals surface area contributed by atoms with Crippen molar-refractivity contribution in [2.45, 2.75) is 70.1 Å². The van der Waals surface area contributed by atoms with Crippen LogP contribution < -0.4 is 9.80 Å². The van der Waals surface area contributed by atoms with Crippen LogP contribution in [0.4, 0.5) is 11.4 Å². The first kappa shape index (κ1) is 32.3. The number of amides is 2. The van der Waals surface area contributed by atoms with Crippen molar-refractivity contribution in [3.8, 4) is 0 Å². The summed E-state index contributed by atoms with van der Waals surface area (Å²) >= 11 is 0. The van der Waals surface area contributed by atoms with E-state index in [9.17, 15) is 19.8 Å². The maximum atomic E-state index is 14.2. The number of nitrogens with zero attached hydrogens (tertiary/aromatic N) is 5. The van der Waals surface area contributed by atoms with Crippen LogP contribution in [-0.4, -0.2) is 50.2 Å². The Balaban J connectivity index is 1.22. The Labute approximate surface area is 276 Å². The number of carbonyl (C=O) groups is 2. The predicted octanol–water partition coefficient (Wildman–Crippen LogP) is 5.72. The molecule has 4 aromatic rings. The van der Waals surface area contributed by atoms with Crippen molar-refractivity contribution in [2.75, 3.05) is 23.0 Å². The number of hydrogen-bond acceptors (Lipinski definition) is 6. The van der Waals surface area contributed by atoms with Gasteiger partial charge in [-0.05, 0) is 48.6 Å². The van der Waals surface area contributed by atoms with E-state index in [0.717, 1.165) is 42.5 Å². The molecule has 0 radical (unpaired) electrons. The van der Waals surface area contributed by atoms with Crippen LogP contribution >= 0.6 is 0 Å². The number of carbonyl (C=O) groups excluding carboxylic acids is 2. The van der Waals surface area contributed by atoms with Crippen LogP contribution in [0.3, 0.4) is 0 Å². The van der Waals surface area contributed by atoms with Crippen molar-refractivity contribution in [3.63, 3.8) is 0 Å². The van der Waals surface area contributed by atoms with Crippen LogP contribution in [0.1, 0.15) is 73.8 Å². The molecule has 6 rings (SSSR count). The normalized spacial score (nSPS) is 19.9. The van der Waals surface area contributed by atoms with Crippen molar-refractivity contribution < 1.29 is 19.8 Å². The van der Waals surface area contributed by atoms with Crippen molar-refractivity contribution in [1.29, 1.82) is 0 Å². The lowest BCUT2D eigenvalue weighted by Crippen LogP contribution is -2.44. The second kappa shape index (κ2) is 14.4. The Morgan fingerprint density at radius 2 is 1.70 bits per heavy atom. The number of benzene rings is 3. The summed E-state index contributed by atoms with van der Waals surface area (Å²) in [6, 6.07) is 25.1. The van der Waals surface area contributed by atoms with Gasteiger partial charge in [0.1, 0.15) is 0 Å². The predicted molar refractivity (Wildman–Crippen MR) is 182 cm³/mol. The highest BCUT2D eigenvalue weighted by Gasteiger charge is 2.52. The lowest BCUT2D eigenvalue weighted by molar-refractivity contribution is -0.139. The zero-order chi connectivity index (χ0) is 32.8. The highest BCUT2D eigenvalue weighted by atomic mass is 16.3. The average molecular weight is 634 g/mol. The molecule has 1 aromatic heterocycles. The summed E-state index contributed by atoms with van der Waals surface area (Å²) in [7, 11) is 0. The Morgan fingerprint density at radius 3 is 2.47 bits per heavy atom. The summed E-state index contributed by atoms with van der Waals surface area (Å²) in [5, 5.41) is 30.9. The van der Waals surface area contributed by atoms with E-state index in [0.29, 0.717) is 49.4 Å². The third kappa shape index (κ3) is 6.77. The Hall–Kier alpha value is -4.60. The van der Waals surface area contributed by atoms with Crippen LogP contribution in [-0.2, 0) is 28.3 Å². The summed E-state index contributed by atoms with van der Waals surface area (Å²) in [6.45, 7) is 3.30. The standard InChI is InChI=1S/C38H43N5O4/c1-28(14-11-13-22-41-26-34(39-40-41)32(27-44)30-17-8-5-9-18-30)38(47)33-24-31(42-23-12-3-2-10-19-36(42)45)20-21-35(33)43(37(38)46)25-29-15-6-4-7-16-29/h4-9,11,14-18,20-21,24,26,28,32,44,47H,2-3,10,12-13,19,22-23,25,27H2,1H3/b14-11+/t28-,32?,38+/m0/s1. The summed E-state index contributed by atoms with van der Waals surface area (Å²) in [4.78, 5) is 30.7. The number of anilines is 2. The molecule has 0 saturated carbocycles. The molecule has 1 fully saturated rings. The molecule has 2 N–H and O–H groups in total. The zero-order valence-electron chi connectivity index (χ0n) is 26.9. The number of aromatic nitrogens is 3. The van der Waals surface area contributed by atoms with E-state index >= 15 is 0 Å². The second-order valence-corrected chi connectivity index (χ2v) is 12.6. The molecule has 1 unspecified atom stereocenters. The second-order valence-electron chi connectivity index (χ2n) is 12.6. The van der Waals surface area contributed by atoms with Crippen LogP contribution in [0.5, 0.6) is 0 Å². The van der Waals surface area contributed by atoms with Gasteiger partial charge >= 0.3 is 0 Å². The number of allylic oxidation sites excluding steroid dienone is 1. The fourth-order valence-corrected chi connectivity index (χ4v) is 6.74. The first-order chi connectivity index (χ1) is 22.9. The average Bonchev–Trinajstić information content (AvgIpc) is 3.63. The van der Waals surface area contributed by atoms with E-state index in [-0.39, 0.29) is 24.3 Å². The van der Waals surface area contributed by atoms with Gasteiger partial charge in [0.2, 0.25) is 5.91 Å². The van der Waals surface area contributed by atoms with Crippen LogP contribution in [0.15, 0.2) is 97.2 Å². The maximum Gasteiger partial charge on any atom is 0.264 e. The van der Waals surface area contributed by atoms with Crippen molar-refractivity contribution in [1.82, 2.24) is 15.0 Å². The van der Waals surface area contributed by atoms with Crippen molar-refractivity contribution in [3.05, 3.63) is 120 Å². The smallest absolute Gasteiger partial charge is 0.264 e. The van der Waals surface area contributed by atoms with Gasteiger partial charge in [-0.25, -0.2) is 0 Å². The van der Waals surface area contributed by atoms with Crippen molar-refractivity contribution in [2.24, 2.45) is 5.92 Å². The molecule has 2 aliphatic heterocycles. The van der Waals surface area contributed by atoms with Gasteiger partial charge in [0.25, 0.3) is 5.91 Å². The molecule has 3 aromatic carbocycles. The molecule has 3 heterocycles. The lowest BCUT2D eigenvalue weighted by atomic mass is 9.82. The Bertz CT molecular complexity index is 1710. The topological polar surface area (TPSA) is 112 Å². The van der Waals surface area contributed by atoms with Crippen LogP contribution in [0.25, 0.3) is 0 Å². The van der Waals surface area contributed by atoms with Crippen LogP contribution in [0.2, 0.25) is 0 Å². The van der Waals surface area contributed by atoms with Crippen LogP contribution in [0, 0.1) is 5.92 Å². The quantitative estimate of drug-likeness (QED) is 0.205. The molecule has 2 amide bonds. The molecule has 47 heavy (non-hydrogen) atoms. The Kier molecular flexibility index (Phi) is 9.94. The van der Waals surface area contributed by atoms with Gasteiger partial charge < -0.3 is 20.0 Å². The molecule has 9 heteroatoms. The summed E-state index contributed by atoms with van der Waals surface area (Å²) in [5.41, 5.74) is 2.75. The summed E-state index contributed by atoms with van der Waals surface area (Å²) < 4.78 is 1.75. The Morgan fingerprint density at radius 1 is 0.957 bits per heavy atom. The zero-order valence-corrected chi connectivity index (χ0v) is 26.9. The highest BCUT2D eigenvalue weighted by Crippen LogP contribution is 2.47. The highest BCUT2D eigenvalue weighted by molar-refractivity contribution is 6.08. The van der Waals surface area contributed by atoms with E-state index < -0.39 is 11.5 Å². The number of aryl methyl sites for hydroxylation is 1. The lowest BCUT2D eigenvalue weighted by Gasteiger charge is -2.29. The first-order valence-electron chi connectivity index (χ1n) is 16.7.